The number of ether oxygens (including phenoxy) is 1. The van der Waals surface area contributed by atoms with Crippen molar-refractivity contribution in [1.82, 2.24) is 0 Å². The second-order valence-electron chi connectivity index (χ2n) is 6.12. The van der Waals surface area contributed by atoms with Crippen molar-refractivity contribution in [2.45, 2.75) is 19.8 Å². The molecule has 0 heterocycles. The monoisotopic (exact) mass is 370 g/mol. The van der Waals surface area contributed by atoms with E-state index >= 15 is 0 Å². The second kappa shape index (κ2) is 9.02. The summed E-state index contributed by atoms with van der Waals surface area (Å²) >= 11 is 5.89. The van der Waals surface area contributed by atoms with Gasteiger partial charge >= 0.3 is 5.97 Å². The van der Waals surface area contributed by atoms with Crippen LogP contribution in [0.15, 0.2) is 48.5 Å². The van der Waals surface area contributed by atoms with Gasteiger partial charge in [0.25, 0.3) is 5.91 Å². The summed E-state index contributed by atoms with van der Waals surface area (Å²) < 4.78 is 5.19. The van der Waals surface area contributed by atoms with E-state index in [-0.39, 0.29) is 5.92 Å². The molecule has 1 amide bonds. The quantitative estimate of drug-likeness (QED) is 0.775. The lowest BCUT2D eigenvalue weighted by Crippen LogP contribution is -2.26. The zero-order valence-corrected chi connectivity index (χ0v) is 15.3. The van der Waals surface area contributed by atoms with E-state index in [2.05, 4.69) is 5.32 Å². The lowest BCUT2D eigenvalue weighted by Gasteiger charge is -2.20. The number of halogens is 1. The summed E-state index contributed by atoms with van der Waals surface area (Å²) in [7, 11) is 0. The number of esters is 1. The molecule has 1 atom stereocenters. The molecule has 0 unspecified atom stereocenters. The number of nitrogens with one attached hydrogen (secondary N) is 1. The molecule has 2 rings (SSSR count). The Morgan fingerprint density at radius 2 is 1.88 bits per heavy atom. The van der Waals surface area contributed by atoms with Crippen LogP contribution in [-0.2, 0) is 14.3 Å². The third-order valence-corrected chi connectivity index (χ3v) is 4.02. The van der Waals surface area contributed by atoms with Gasteiger partial charge in [0.05, 0.1) is 17.6 Å². The summed E-state index contributed by atoms with van der Waals surface area (Å²) in [5, 5.41) is 12.1. The van der Waals surface area contributed by atoms with Crippen LogP contribution >= 0.6 is 11.6 Å². The number of hydrogen-bond acceptors (Lipinski definition) is 4. The standard InChI is InChI=1S/C20H19ClN2O3/c1-13(2)19(15-6-8-16(21)9-7-15)20(25)26-12-18(24)23-17-5-3-4-14(10-17)11-22/h3-10,13,19H,12H2,1-2H3,(H,23,24)/t19-/m1/s1. The van der Waals surface area contributed by atoms with E-state index in [9.17, 15) is 9.59 Å². The summed E-state index contributed by atoms with van der Waals surface area (Å²) in [5.74, 6) is -1.42. The van der Waals surface area contributed by atoms with Crippen molar-refractivity contribution in [1.29, 1.82) is 5.26 Å². The van der Waals surface area contributed by atoms with Gasteiger partial charge in [-0.15, -0.1) is 0 Å². The van der Waals surface area contributed by atoms with Crippen molar-refractivity contribution in [2.75, 3.05) is 11.9 Å². The molecule has 5 nitrogen and oxygen atoms in total. The van der Waals surface area contributed by atoms with Gasteiger partial charge in [-0.3, -0.25) is 9.59 Å². The normalized spacial score (nSPS) is 11.5. The number of rotatable bonds is 6. The van der Waals surface area contributed by atoms with Crippen molar-refractivity contribution in [3.63, 3.8) is 0 Å². The SMILES string of the molecule is CC(C)[C@@H](C(=O)OCC(=O)Nc1cccc(C#N)c1)c1ccc(Cl)cc1. The maximum atomic E-state index is 12.4. The van der Waals surface area contributed by atoms with E-state index in [1.54, 1.807) is 48.5 Å². The molecule has 0 aliphatic carbocycles. The van der Waals surface area contributed by atoms with Gasteiger partial charge in [-0.05, 0) is 41.8 Å². The van der Waals surface area contributed by atoms with Gasteiger partial charge in [0.2, 0.25) is 0 Å². The molecule has 134 valence electrons. The van der Waals surface area contributed by atoms with E-state index in [0.717, 1.165) is 5.56 Å². The van der Waals surface area contributed by atoms with Gasteiger partial charge in [-0.2, -0.15) is 5.26 Å². The van der Waals surface area contributed by atoms with Crippen molar-refractivity contribution >= 4 is 29.2 Å². The number of nitrogens with zero attached hydrogens (tertiary/aromatic N) is 1. The second-order valence-corrected chi connectivity index (χ2v) is 6.56. The van der Waals surface area contributed by atoms with Crippen LogP contribution in [0.5, 0.6) is 0 Å². The van der Waals surface area contributed by atoms with E-state index in [4.69, 9.17) is 21.6 Å². The molecule has 0 aliphatic heterocycles. The first-order valence-corrected chi connectivity index (χ1v) is 8.50. The van der Waals surface area contributed by atoms with Crippen LogP contribution in [-0.4, -0.2) is 18.5 Å². The lowest BCUT2D eigenvalue weighted by molar-refractivity contribution is -0.149. The first-order chi connectivity index (χ1) is 12.4. The molecular weight excluding hydrogens is 352 g/mol. The fourth-order valence-corrected chi connectivity index (χ4v) is 2.68. The number of amides is 1. The average Bonchev–Trinajstić information content (AvgIpc) is 2.61. The fraction of sp³-hybridized carbons (Fsp3) is 0.250. The minimum Gasteiger partial charge on any atom is -0.455 e. The minimum absolute atomic E-state index is 0.000883. The average molecular weight is 371 g/mol. The highest BCUT2D eigenvalue weighted by Crippen LogP contribution is 2.27. The molecule has 0 bridgehead atoms. The Morgan fingerprint density at radius 3 is 2.50 bits per heavy atom. The summed E-state index contributed by atoms with van der Waals surface area (Å²) in [6, 6.07) is 15.5. The highest BCUT2D eigenvalue weighted by atomic mass is 35.5. The number of anilines is 1. The van der Waals surface area contributed by atoms with E-state index in [0.29, 0.717) is 16.3 Å². The van der Waals surface area contributed by atoms with Crippen LogP contribution < -0.4 is 5.32 Å². The molecule has 0 saturated heterocycles. The van der Waals surface area contributed by atoms with Crippen LogP contribution in [0.1, 0.15) is 30.9 Å². The zero-order valence-electron chi connectivity index (χ0n) is 14.5. The molecular formula is C20H19ClN2O3. The van der Waals surface area contributed by atoms with Crippen LogP contribution in [0.4, 0.5) is 5.69 Å². The molecule has 0 aromatic heterocycles. The predicted molar refractivity (Wildman–Crippen MR) is 99.8 cm³/mol. The van der Waals surface area contributed by atoms with E-state index < -0.39 is 24.4 Å². The Labute approximate surface area is 157 Å². The zero-order chi connectivity index (χ0) is 19.1. The largest absolute Gasteiger partial charge is 0.455 e. The molecule has 0 saturated carbocycles. The molecule has 0 spiro atoms. The van der Waals surface area contributed by atoms with Gasteiger partial charge in [0, 0.05) is 10.7 Å². The third-order valence-electron chi connectivity index (χ3n) is 3.77. The van der Waals surface area contributed by atoms with Crippen LogP contribution in [0.3, 0.4) is 0 Å². The Bertz CT molecular complexity index is 826. The van der Waals surface area contributed by atoms with Gasteiger partial charge in [-0.25, -0.2) is 0 Å². The number of benzene rings is 2. The van der Waals surface area contributed by atoms with E-state index in [1.807, 2.05) is 19.9 Å². The number of nitriles is 1. The van der Waals surface area contributed by atoms with Crippen molar-refractivity contribution in [2.24, 2.45) is 5.92 Å². The third kappa shape index (κ3) is 5.33. The summed E-state index contributed by atoms with van der Waals surface area (Å²) in [4.78, 5) is 24.5. The highest BCUT2D eigenvalue weighted by Gasteiger charge is 2.26. The Balaban J connectivity index is 1.97. The molecule has 6 heteroatoms. The molecule has 26 heavy (non-hydrogen) atoms. The van der Waals surface area contributed by atoms with Gasteiger partial charge in [-0.1, -0.05) is 43.6 Å². The molecule has 0 fully saturated rings. The maximum absolute atomic E-state index is 12.4. The van der Waals surface area contributed by atoms with Crippen LogP contribution in [0.2, 0.25) is 5.02 Å². The minimum atomic E-state index is -0.484. The first-order valence-electron chi connectivity index (χ1n) is 8.13. The van der Waals surface area contributed by atoms with Gasteiger partial charge in [0.1, 0.15) is 0 Å². The van der Waals surface area contributed by atoms with Gasteiger partial charge in [0.15, 0.2) is 6.61 Å². The van der Waals surface area contributed by atoms with Gasteiger partial charge < -0.3 is 10.1 Å². The Kier molecular flexibility index (Phi) is 6.76. The lowest BCUT2D eigenvalue weighted by atomic mass is 9.88. The first kappa shape index (κ1) is 19.5. The number of carbonyl (C=O) groups excluding carboxylic acids is 2. The van der Waals surface area contributed by atoms with Crippen molar-refractivity contribution in [3.8, 4) is 6.07 Å². The predicted octanol–water partition coefficient (Wildman–Crippen LogP) is 4.13. The van der Waals surface area contributed by atoms with Crippen LogP contribution in [0.25, 0.3) is 0 Å². The maximum Gasteiger partial charge on any atom is 0.314 e. The summed E-state index contributed by atoms with van der Waals surface area (Å²) in [6.45, 7) is 3.43. The number of carbonyl (C=O) groups is 2. The topological polar surface area (TPSA) is 79.2 Å². The van der Waals surface area contributed by atoms with E-state index in [1.165, 1.54) is 0 Å². The molecule has 1 N–H and O–H groups in total. The highest BCUT2D eigenvalue weighted by molar-refractivity contribution is 6.30. The Morgan fingerprint density at radius 1 is 1.19 bits per heavy atom. The molecule has 2 aromatic carbocycles. The summed E-state index contributed by atoms with van der Waals surface area (Å²) in [5.41, 5.74) is 1.70. The van der Waals surface area contributed by atoms with Crippen molar-refractivity contribution in [3.05, 3.63) is 64.7 Å². The molecule has 2 aromatic rings. The Hall–Kier alpha value is -2.84. The van der Waals surface area contributed by atoms with Crippen molar-refractivity contribution < 1.29 is 14.3 Å². The number of hydrogen-bond donors (Lipinski definition) is 1. The molecule has 0 aliphatic rings. The van der Waals surface area contributed by atoms with Crippen LogP contribution in [0, 0.1) is 17.2 Å². The molecule has 0 radical (unpaired) electrons. The smallest absolute Gasteiger partial charge is 0.314 e. The fourth-order valence-electron chi connectivity index (χ4n) is 2.55. The summed E-state index contributed by atoms with van der Waals surface area (Å²) in [6.07, 6.45) is 0.